The number of sulfone groups is 1. The minimum atomic E-state index is -3.28. The van der Waals surface area contributed by atoms with E-state index in [0.717, 1.165) is 24.2 Å². The van der Waals surface area contributed by atoms with Crippen LogP contribution in [0.5, 0.6) is 0 Å². The Balaban J connectivity index is 2.34. The van der Waals surface area contributed by atoms with Gasteiger partial charge in [0.1, 0.15) is 11.3 Å². The van der Waals surface area contributed by atoms with Crippen LogP contribution in [0, 0.1) is 0 Å². The van der Waals surface area contributed by atoms with Crippen LogP contribution < -0.4 is 0 Å². The average Bonchev–Trinajstić information content (AvgIpc) is 2.98. The molecule has 2 aromatic rings. The average molecular weight is 313 g/mol. The third-order valence-electron chi connectivity index (χ3n) is 3.95. The number of rotatable bonds is 4. The van der Waals surface area contributed by atoms with Gasteiger partial charge in [0.25, 0.3) is 0 Å². The zero-order chi connectivity index (χ0) is 14.5. The fraction of sp³-hybridized carbons (Fsp3) is 0.500. The topological polar surface area (TPSA) is 52.0 Å². The van der Waals surface area contributed by atoms with E-state index in [0.29, 0.717) is 22.7 Å². The van der Waals surface area contributed by atoms with Crippen LogP contribution in [0.4, 0.5) is 0 Å². The molecule has 1 aromatic carbocycles. The van der Waals surface area contributed by atoms with E-state index in [9.17, 15) is 8.42 Å². The second kappa shape index (κ2) is 4.46. The quantitative estimate of drug-likeness (QED) is 0.816. The van der Waals surface area contributed by atoms with Gasteiger partial charge in [-0.2, -0.15) is 0 Å². The van der Waals surface area contributed by atoms with Crippen molar-refractivity contribution in [3.05, 3.63) is 24.0 Å². The first-order chi connectivity index (χ1) is 9.37. The molecule has 1 aliphatic carbocycles. The molecule has 4 nitrogen and oxygen atoms in total. The van der Waals surface area contributed by atoms with E-state index in [2.05, 4.69) is 16.5 Å². The molecular formula is C14H17ClN2O2S. The number of aromatic nitrogens is 2. The lowest BCUT2D eigenvalue weighted by Gasteiger charge is -2.15. The summed E-state index contributed by atoms with van der Waals surface area (Å²) in [4.78, 5) is 4.87. The molecule has 0 radical (unpaired) electrons. The smallest absolute Gasteiger partial charge is 0.177 e. The van der Waals surface area contributed by atoms with Crippen molar-refractivity contribution in [1.29, 1.82) is 0 Å². The lowest BCUT2D eigenvalue weighted by atomic mass is 10.2. The standard InChI is InChI=1S/C14H17ClN2O2S/c1-14(7-8-14)17-10-4-3-5-11(20(2,18)19)13(10)16-12(17)6-9-15/h3-5H,6-9H2,1-2H3. The fourth-order valence-electron chi connectivity index (χ4n) is 2.68. The molecule has 1 saturated carbocycles. The molecule has 0 saturated heterocycles. The number of fused-ring (bicyclic) bond motifs is 1. The number of alkyl halides is 1. The Hall–Kier alpha value is -1.07. The van der Waals surface area contributed by atoms with Crippen LogP contribution in [-0.2, 0) is 21.8 Å². The maximum absolute atomic E-state index is 11.9. The lowest BCUT2D eigenvalue weighted by molar-refractivity contribution is 0.525. The van der Waals surface area contributed by atoms with Crippen molar-refractivity contribution < 1.29 is 8.42 Å². The number of hydrogen-bond acceptors (Lipinski definition) is 3. The van der Waals surface area contributed by atoms with Crippen molar-refractivity contribution in [3.8, 4) is 0 Å². The largest absolute Gasteiger partial charge is 0.322 e. The third kappa shape index (κ3) is 2.13. The first-order valence-electron chi connectivity index (χ1n) is 6.64. The summed E-state index contributed by atoms with van der Waals surface area (Å²) in [7, 11) is -3.28. The van der Waals surface area contributed by atoms with Gasteiger partial charge < -0.3 is 4.57 Å². The summed E-state index contributed by atoms with van der Waals surface area (Å²) in [5, 5.41) is 0. The van der Waals surface area contributed by atoms with Gasteiger partial charge in [-0.25, -0.2) is 13.4 Å². The summed E-state index contributed by atoms with van der Waals surface area (Å²) in [6, 6.07) is 5.35. The van der Waals surface area contributed by atoms with Crippen molar-refractivity contribution in [2.24, 2.45) is 0 Å². The predicted octanol–water partition coefficient (Wildman–Crippen LogP) is 2.73. The molecule has 0 N–H and O–H groups in total. The summed E-state index contributed by atoms with van der Waals surface area (Å²) in [6.45, 7) is 2.18. The van der Waals surface area contributed by atoms with Gasteiger partial charge in [-0.05, 0) is 31.9 Å². The van der Waals surface area contributed by atoms with Gasteiger partial charge in [0.15, 0.2) is 9.84 Å². The number of halogens is 1. The highest BCUT2D eigenvalue weighted by atomic mass is 35.5. The van der Waals surface area contributed by atoms with Crippen LogP contribution in [0.2, 0.25) is 0 Å². The molecule has 6 heteroatoms. The van der Waals surface area contributed by atoms with E-state index in [-0.39, 0.29) is 5.54 Å². The predicted molar refractivity (Wildman–Crippen MR) is 80.1 cm³/mol. The van der Waals surface area contributed by atoms with E-state index >= 15 is 0 Å². The van der Waals surface area contributed by atoms with Gasteiger partial charge >= 0.3 is 0 Å². The first kappa shape index (κ1) is 13.9. The third-order valence-corrected chi connectivity index (χ3v) is 5.27. The molecule has 0 unspecified atom stereocenters. The van der Waals surface area contributed by atoms with Crippen molar-refractivity contribution in [1.82, 2.24) is 9.55 Å². The van der Waals surface area contributed by atoms with Crippen LogP contribution in [0.1, 0.15) is 25.6 Å². The Morgan fingerprint density at radius 2 is 2.10 bits per heavy atom. The highest BCUT2D eigenvalue weighted by molar-refractivity contribution is 7.91. The number of benzene rings is 1. The molecule has 0 spiro atoms. The normalized spacial score (nSPS) is 17.6. The van der Waals surface area contributed by atoms with Gasteiger partial charge in [-0.3, -0.25) is 0 Å². The summed E-state index contributed by atoms with van der Waals surface area (Å²) >= 11 is 5.86. The molecule has 1 heterocycles. The molecule has 0 atom stereocenters. The number of aryl methyl sites for hydroxylation is 1. The maximum atomic E-state index is 11.9. The van der Waals surface area contributed by atoms with Crippen LogP contribution in [0.25, 0.3) is 11.0 Å². The zero-order valence-corrected chi connectivity index (χ0v) is 13.1. The molecule has 0 bridgehead atoms. The summed E-state index contributed by atoms with van der Waals surface area (Å²) < 4.78 is 26.0. The first-order valence-corrected chi connectivity index (χ1v) is 9.06. The molecule has 0 aliphatic heterocycles. The molecule has 20 heavy (non-hydrogen) atoms. The summed E-state index contributed by atoms with van der Waals surface area (Å²) in [6.07, 6.45) is 4.06. The Kier molecular flexibility index (Phi) is 3.10. The number of hydrogen-bond donors (Lipinski definition) is 0. The van der Waals surface area contributed by atoms with Gasteiger partial charge in [-0.1, -0.05) is 6.07 Å². The molecule has 1 aromatic heterocycles. The van der Waals surface area contributed by atoms with Gasteiger partial charge in [0, 0.05) is 24.1 Å². The Labute approximate surface area is 123 Å². The minimum absolute atomic E-state index is 0.0618. The van der Waals surface area contributed by atoms with Gasteiger partial charge in [0.05, 0.1) is 10.4 Å². The van der Waals surface area contributed by atoms with Gasteiger partial charge in [-0.15, -0.1) is 11.6 Å². The van der Waals surface area contributed by atoms with E-state index in [4.69, 9.17) is 11.6 Å². The Bertz CT molecular complexity index is 776. The number of imidazole rings is 1. The molecule has 108 valence electrons. The van der Waals surface area contributed by atoms with E-state index in [1.165, 1.54) is 6.26 Å². The minimum Gasteiger partial charge on any atom is -0.322 e. The van der Waals surface area contributed by atoms with E-state index in [1.807, 2.05) is 6.07 Å². The molecule has 3 rings (SSSR count). The Morgan fingerprint density at radius 3 is 2.65 bits per heavy atom. The summed E-state index contributed by atoms with van der Waals surface area (Å²) in [5.41, 5.74) is 1.53. The van der Waals surface area contributed by atoms with Crippen LogP contribution in [-0.4, -0.2) is 30.1 Å². The van der Waals surface area contributed by atoms with Crippen molar-refractivity contribution >= 4 is 32.5 Å². The second-order valence-electron chi connectivity index (χ2n) is 5.70. The van der Waals surface area contributed by atoms with Crippen molar-refractivity contribution in [2.45, 2.75) is 36.6 Å². The number of para-hydroxylation sites is 1. The van der Waals surface area contributed by atoms with E-state index < -0.39 is 9.84 Å². The highest BCUT2D eigenvalue weighted by Gasteiger charge is 2.42. The Morgan fingerprint density at radius 1 is 1.40 bits per heavy atom. The monoisotopic (exact) mass is 312 g/mol. The van der Waals surface area contributed by atoms with Gasteiger partial charge in [0.2, 0.25) is 0 Å². The van der Waals surface area contributed by atoms with E-state index in [1.54, 1.807) is 12.1 Å². The van der Waals surface area contributed by atoms with Crippen LogP contribution in [0.15, 0.2) is 23.1 Å². The van der Waals surface area contributed by atoms with Crippen LogP contribution >= 0.6 is 11.6 Å². The SMILES string of the molecule is CC1(n2c(CCCl)nc3c(S(C)(=O)=O)cccc32)CC1. The maximum Gasteiger partial charge on any atom is 0.177 e. The second-order valence-corrected chi connectivity index (χ2v) is 8.06. The summed E-state index contributed by atoms with van der Waals surface area (Å²) in [5.74, 6) is 1.36. The number of nitrogens with zero attached hydrogens (tertiary/aromatic N) is 2. The zero-order valence-electron chi connectivity index (χ0n) is 11.6. The van der Waals surface area contributed by atoms with Crippen LogP contribution in [0.3, 0.4) is 0 Å². The van der Waals surface area contributed by atoms with Crippen molar-refractivity contribution in [3.63, 3.8) is 0 Å². The molecule has 0 amide bonds. The van der Waals surface area contributed by atoms with Crippen molar-refractivity contribution in [2.75, 3.05) is 12.1 Å². The molecular weight excluding hydrogens is 296 g/mol. The lowest BCUT2D eigenvalue weighted by Crippen LogP contribution is -2.16. The molecule has 1 fully saturated rings. The highest BCUT2D eigenvalue weighted by Crippen LogP contribution is 2.46. The fourth-order valence-corrected chi connectivity index (χ4v) is 3.68. The molecule has 1 aliphatic rings.